The molecule has 2 rings (SSSR count). The van der Waals surface area contributed by atoms with E-state index in [0.717, 1.165) is 10.3 Å². The summed E-state index contributed by atoms with van der Waals surface area (Å²) in [5.74, 6) is 0. The van der Waals surface area contributed by atoms with Gasteiger partial charge in [-0.05, 0) is 78.0 Å². The van der Waals surface area contributed by atoms with Crippen LogP contribution in [0.3, 0.4) is 0 Å². The summed E-state index contributed by atoms with van der Waals surface area (Å²) in [6.07, 6.45) is 1.84. The molecule has 0 saturated heterocycles. The summed E-state index contributed by atoms with van der Waals surface area (Å²) in [5.41, 5.74) is 6.38. The maximum Gasteiger partial charge on any atom is 0.106 e. The number of pyridine rings is 1. The molecule has 0 amide bonds. The van der Waals surface area contributed by atoms with Gasteiger partial charge in [0.1, 0.15) is 4.60 Å². The summed E-state index contributed by atoms with van der Waals surface area (Å²) in [4.78, 5) is 4.23. The van der Waals surface area contributed by atoms with Crippen LogP contribution in [0, 0.1) is 20.8 Å². The second-order valence-electron chi connectivity index (χ2n) is 5.03. The second kappa shape index (κ2) is 5.74. The molecule has 0 spiro atoms. The van der Waals surface area contributed by atoms with Crippen LogP contribution in [0.1, 0.15) is 35.2 Å². The molecule has 1 atom stereocenters. The predicted octanol–water partition coefficient (Wildman–Crippen LogP) is 4.94. The van der Waals surface area contributed by atoms with Crippen molar-refractivity contribution < 1.29 is 0 Å². The summed E-state index contributed by atoms with van der Waals surface area (Å²) in [6.45, 7) is 8.66. The van der Waals surface area contributed by atoms with Crippen LogP contribution in [-0.4, -0.2) is 4.98 Å². The maximum absolute atomic E-state index is 4.23. The Morgan fingerprint density at radius 3 is 2.37 bits per heavy atom. The van der Waals surface area contributed by atoms with Gasteiger partial charge in [-0.15, -0.1) is 0 Å². The number of nitrogens with zero attached hydrogens (tertiary/aromatic N) is 1. The van der Waals surface area contributed by atoms with Crippen molar-refractivity contribution in [3.63, 3.8) is 0 Å². The topological polar surface area (TPSA) is 24.9 Å². The van der Waals surface area contributed by atoms with Gasteiger partial charge in [-0.2, -0.15) is 0 Å². The molecule has 0 aliphatic heterocycles. The van der Waals surface area contributed by atoms with Gasteiger partial charge in [0, 0.05) is 6.04 Å². The van der Waals surface area contributed by atoms with E-state index in [9.17, 15) is 0 Å². The number of nitrogens with one attached hydrogen (secondary N) is 1. The lowest BCUT2D eigenvalue weighted by Gasteiger charge is -2.19. The number of hydrogen-bond acceptors (Lipinski definition) is 2. The molecular weight excluding hydrogens is 300 g/mol. The third-order valence-electron chi connectivity index (χ3n) is 3.46. The summed E-state index contributed by atoms with van der Waals surface area (Å²) >= 11 is 3.35. The van der Waals surface area contributed by atoms with Crippen LogP contribution in [-0.2, 0) is 0 Å². The molecule has 100 valence electrons. The third kappa shape index (κ3) is 3.35. The fourth-order valence-electron chi connectivity index (χ4n) is 2.24. The van der Waals surface area contributed by atoms with Crippen molar-refractivity contribution in [1.29, 1.82) is 0 Å². The van der Waals surface area contributed by atoms with Crippen LogP contribution < -0.4 is 5.32 Å². The fraction of sp³-hybridized carbons (Fsp3) is 0.312. The molecule has 1 N–H and O–H groups in total. The predicted molar refractivity (Wildman–Crippen MR) is 84.6 cm³/mol. The van der Waals surface area contributed by atoms with Gasteiger partial charge in [0.05, 0.1) is 11.9 Å². The van der Waals surface area contributed by atoms with Gasteiger partial charge in [-0.1, -0.05) is 12.1 Å². The first-order valence-corrected chi connectivity index (χ1v) is 7.22. The van der Waals surface area contributed by atoms with E-state index in [1.54, 1.807) is 0 Å². The van der Waals surface area contributed by atoms with Crippen LogP contribution in [0.4, 0.5) is 5.69 Å². The highest BCUT2D eigenvalue weighted by molar-refractivity contribution is 9.10. The number of benzene rings is 1. The first-order valence-electron chi connectivity index (χ1n) is 6.43. The molecular formula is C16H19BrN2. The Kier molecular flexibility index (Phi) is 4.25. The van der Waals surface area contributed by atoms with Gasteiger partial charge in [-0.3, -0.25) is 0 Å². The number of halogens is 1. The molecule has 1 heterocycles. The first-order chi connectivity index (χ1) is 8.97. The molecule has 0 bridgehead atoms. The van der Waals surface area contributed by atoms with Gasteiger partial charge < -0.3 is 5.32 Å². The molecule has 2 aromatic rings. The Balaban J connectivity index is 2.22. The van der Waals surface area contributed by atoms with E-state index in [1.165, 1.54) is 22.3 Å². The third-order valence-corrected chi connectivity index (χ3v) is 3.93. The van der Waals surface area contributed by atoms with Gasteiger partial charge in [0.15, 0.2) is 0 Å². The molecule has 0 fully saturated rings. The smallest absolute Gasteiger partial charge is 0.106 e. The standard InChI is InChI=1S/C16H19BrN2/c1-10-7-12(3)15(8-11(10)2)13(4)19-14-5-6-16(17)18-9-14/h5-9,13,19H,1-4H3. The molecule has 19 heavy (non-hydrogen) atoms. The van der Waals surface area contributed by atoms with Crippen molar-refractivity contribution in [2.45, 2.75) is 33.7 Å². The van der Waals surface area contributed by atoms with Crippen molar-refractivity contribution >= 4 is 21.6 Å². The van der Waals surface area contributed by atoms with E-state index in [2.05, 4.69) is 66.1 Å². The van der Waals surface area contributed by atoms with Crippen molar-refractivity contribution in [2.24, 2.45) is 0 Å². The highest BCUT2D eigenvalue weighted by Gasteiger charge is 2.10. The zero-order valence-electron chi connectivity index (χ0n) is 11.8. The highest BCUT2D eigenvalue weighted by atomic mass is 79.9. The highest BCUT2D eigenvalue weighted by Crippen LogP contribution is 2.25. The molecule has 1 unspecified atom stereocenters. The number of hydrogen-bond donors (Lipinski definition) is 1. The summed E-state index contributed by atoms with van der Waals surface area (Å²) in [5, 5.41) is 3.49. The minimum atomic E-state index is 0.266. The Morgan fingerprint density at radius 2 is 1.74 bits per heavy atom. The van der Waals surface area contributed by atoms with Gasteiger partial charge in [-0.25, -0.2) is 4.98 Å². The molecule has 1 aromatic heterocycles. The maximum atomic E-state index is 4.23. The van der Waals surface area contributed by atoms with E-state index >= 15 is 0 Å². The minimum absolute atomic E-state index is 0.266. The Morgan fingerprint density at radius 1 is 1.05 bits per heavy atom. The van der Waals surface area contributed by atoms with Crippen LogP contribution >= 0.6 is 15.9 Å². The molecule has 0 aliphatic carbocycles. The fourth-order valence-corrected chi connectivity index (χ4v) is 2.47. The molecule has 0 radical (unpaired) electrons. The molecule has 0 saturated carbocycles. The first kappa shape index (κ1) is 14.1. The Hall–Kier alpha value is -1.35. The molecule has 0 aliphatic rings. The molecule has 1 aromatic carbocycles. The number of rotatable bonds is 3. The van der Waals surface area contributed by atoms with Crippen LogP contribution in [0.2, 0.25) is 0 Å². The molecule has 3 heteroatoms. The van der Waals surface area contributed by atoms with Gasteiger partial charge in [0.2, 0.25) is 0 Å². The van der Waals surface area contributed by atoms with Crippen molar-refractivity contribution in [1.82, 2.24) is 4.98 Å². The van der Waals surface area contributed by atoms with E-state index in [0.29, 0.717) is 0 Å². The largest absolute Gasteiger partial charge is 0.377 e. The van der Waals surface area contributed by atoms with E-state index in [4.69, 9.17) is 0 Å². The average molecular weight is 319 g/mol. The van der Waals surface area contributed by atoms with Crippen LogP contribution in [0.25, 0.3) is 0 Å². The zero-order chi connectivity index (χ0) is 14.0. The lowest BCUT2D eigenvalue weighted by molar-refractivity contribution is 0.868. The van der Waals surface area contributed by atoms with Crippen molar-refractivity contribution in [3.8, 4) is 0 Å². The van der Waals surface area contributed by atoms with E-state index < -0.39 is 0 Å². The lowest BCUT2D eigenvalue weighted by Crippen LogP contribution is -2.09. The lowest BCUT2D eigenvalue weighted by atomic mass is 9.96. The summed E-state index contributed by atoms with van der Waals surface area (Å²) < 4.78 is 0.855. The minimum Gasteiger partial charge on any atom is -0.377 e. The Bertz CT molecular complexity index is 576. The van der Waals surface area contributed by atoms with Crippen LogP contribution in [0.15, 0.2) is 35.1 Å². The quantitative estimate of drug-likeness (QED) is 0.810. The van der Waals surface area contributed by atoms with E-state index in [-0.39, 0.29) is 6.04 Å². The Labute approximate surface area is 123 Å². The van der Waals surface area contributed by atoms with Gasteiger partial charge >= 0.3 is 0 Å². The number of aromatic nitrogens is 1. The molecule has 2 nitrogen and oxygen atoms in total. The van der Waals surface area contributed by atoms with E-state index in [1.807, 2.05) is 18.3 Å². The SMILES string of the molecule is Cc1cc(C)c(C(C)Nc2ccc(Br)nc2)cc1C. The second-order valence-corrected chi connectivity index (χ2v) is 5.84. The monoisotopic (exact) mass is 318 g/mol. The summed E-state index contributed by atoms with van der Waals surface area (Å²) in [7, 11) is 0. The zero-order valence-corrected chi connectivity index (χ0v) is 13.4. The average Bonchev–Trinajstić information content (AvgIpc) is 2.36. The van der Waals surface area contributed by atoms with Crippen molar-refractivity contribution in [2.75, 3.05) is 5.32 Å². The van der Waals surface area contributed by atoms with Gasteiger partial charge in [0.25, 0.3) is 0 Å². The number of aryl methyl sites for hydroxylation is 3. The van der Waals surface area contributed by atoms with Crippen molar-refractivity contribution in [3.05, 3.63) is 57.3 Å². The van der Waals surface area contributed by atoms with Crippen LogP contribution in [0.5, 0.6) is 0 Å². The summed E-state index contributed by atoms with van der Waals surface area (Å²) in [6, 6.07) is 8.77. The number of anilines is 1. The normalized spacial score (nSPS) is 12.3.